The predicted octanol–water partition coefficient (Wildman–Crippen LogP) is 2.09. The molecular formula is C18H30N4O. The smallest absolute Gasteiger partial charge is 0.191 e. The summed E-state index contributed by atoms with van der Waals surface area (Å²) in [7, 11) is 6.00. The molecule has 0 heterocycles. The molecule has 1 aliphatic carbocycles. The first-order valence-electron chi connectivity index (χ1n) is 8.45. The first-order valence-corrected chi connectivity index (χ1v) is 8.45. The molecule has 1 aromatic carbocycles. The average Bonchev–Trinajstić information content (AvgIpc) is 3.37. The van der Waals surface area contributed by atoms with Crippen LogP contribution < -0.4 is 15.4 Å². The van der Waals surface area contributed by atoms with E-state index in [0.717, 1.165) is 36.3 Å². The number of hydrogen-bond donors (Lipinski definition) is 2. The molecular weight excluding hydrogens is 288 g/mol. The van der Waals surface area contributed by atoms with Gasteiger partial charge in [0.2, 0.25) is 0 Å². The van der Waals surface area contributed by atoms with Crippen LogP contribution in [0.5, 0.6) is 5.75 Å². The van der Waals surface area contributed by atoms with E-state index >= 15 is 0 Å². The zero-order valence-corrected chi connectivity index (χ0v) is 14.8. The zero-order chi connectivity index (χ0) is 16.7. The third-order valence-electron chi connectivity index (χ3n) is 4.21. The monoisotopic (exact) mass is 318 g/mol. The highest BCUT2D eigenvalue weighted by molar-refractivity contribution is 5.79. The van der Waals surface area contributed by atoms with Crippen LogP contribution in [-0.2, 0) is 6.54 Å². The number of nitrogens with zero attached hydrogens (tertiary/aromatic N) is 2. The normalized spacial score (nSPS) is 16.3. The van der Waals surface area contributed by atoms with Gasteiger partial charge < -0.3 is 20.3 Å². The summed E-state index contributed by atoms with van der Waals surface area (Å²) in [5, 5.41) is 6.81. The van der Waals surface area contributed by atoms with Gasteiger partial charge in [0, 0.05) is 19.1 Å². The third kappa shape index (κ3) is 5.75. The lowest BCUT2D eigenvalue weighted by Crippen LogP contribution is -2.46. The number of nitrogens with one attached hydrogen (secondary N) is 2. The minimum Gasteiger partial charge on any atom is -0.497 e. The molecule has 1 aromatic rings. The van der Waals surface area contributed by atoms with Crippen LogP contribution in [0, 0.1) is 5.92 Å². The lowest BCUT2D eigenvalue weighted by atomic mass is 10.1. The SMILES string of the molecule is CCNC(=NCc1cccc(OC)c1)NCC(C1CC1)N(C)C. The maximum Gasteiger partial charge on any atom is 0.191 e. The molecule has 1 unspecified atom stereocenters. The van der Waals surface area contributed by atoms with Gasteiger partial charge in [0.1, 0.15) is 5.75 Å². The number of ether oxygens (including phenoxy) is 1. The van der Waals surface area contributed by atoms with Crippen LogP contribution in [0.1, 0.15) is 25.3 Å². The molecule has 23 heavy (non-hydrogen) atoms. The number of methoxy groups -OCH3 is 1. The molecule has 2 rings (SSSR count). The van der Waals surface area contributed by atoms with Gasteiger partial charge in [0.25, 0.3) is 0 Å². The molecule has 128 valence electrons. The van der Waals surface area contributed by atoms with Crippen LogP contribution in [0.3, 0.4) is 0 Å². The topological polar surface area (TPSA) is 48.9 Å². The molecule has 0 radical (unpaired) electrons. The van der Waals surface area contributed by atoms with E-state index in [4.69, 9.17) is 9.73 Å². The van der Waals surface area contributed by atoms with Crippen molar-refractivity contribution >= 4 is 5.96 Å². The second kappa shape index (κ2) is 8.77. The second-order valence-corrected chi connectivity index (χ2v) is 6.30. The summed E-state index contributed by atoms with van der Waals surface area (Å²) in [6.07, 6.45) is 2.70. The molecule has 1 fully saturated rings. The first-order chi connectivity index (χ1) is 11.1. The van der Waals surface area contributed by atoms with E-state index in [-0.39, 0.29) is 0 Å². The number of likely N-dealkylation sites (N-methyl/N-ethyl adjacent to an activating group) is 1. The molecule has 2 N–H and O–H groups in total. The summed E-state index contributed by atoms with van der Waals surface area (Å²) in [4.78, 5) is 7.01. The fourth-order valence-corrected chi connectivity index (χ4v) is 2.74. The van der Waals surface area contributed by atoms with Gasteiger partial charge in [-0.15, -0.1) is 0 Å². The number of benzene rings is 1. The maximum absolute atomic E-state index is 5.26. The van der Waals surface area contributed by atoms with E-state index in [1.807, 2.05) is 18.2 Å². The van der Waals surface area contributed by atoms with Gasteiger partial charge in [0.05, 0.1) is 13.7 Å². The minimum absolute atomic E-state index is 0.579. The zero-order valence-electron chi connectivity index (χ0n) is 14.8. The number of hydrogen-bond acceptors (Lipinski definition) is 3. The number of guanidine groups is 1. The van der Waals surface area contributed by atoms with Crippen molar-refractivity contribution < 1.29 is 4.74 Å². The van der Waals surface area contributed by atoms with Crippen molar-refractivity contribution in [2.24, 2.45) is 10.9 Å². The van der Waals surface area contributed by atoms with Crippen LogP contribution in [0.15, 0.2) is 29.3 Å². The standard InChI is InChI=1S/C18H30N4O/c1-5-19-18(21-13-17(22(2)3)15-9-10-15)20-12-14-7-6-8-16(11-14)23-4/h6-8,11,15,17H,5,9-10,12-13H2,1-4H3,(H2,19,20,21). The highest BCUT2D eigenvalue weighted by atomic mass is 16.5. The van der Waals surface area contributed by atoms with Gasteiger partial charge >= 0.3 is 0 Å². The van der Waals surface area contributed by atoms with Crippen LogP contribution in [0.4, 0.5) is 0 Å². The molecule has 1 atom stereocenters. The molecule has 1 aliphatic rings. The largest absolute Gasteiger partial charge is 0.497 e. The summed E-state index contributed by atoms with van der Waals surface area (Å²) in [5.41, 5.74) is 1.15. The minimum atomic E-state index is 0.579. The van der Waals surface area contributed by atoms with E-state index in [0.29, 0.717) is 12.6 Å². The van der Waals surface area contributed by atoms with Crippen molar-refractivity contribution in [3.8, 4) is 5.75 Å². The highest BCUT2D eigenvalue weighted by Gasteiger charge is 2.32. The molecule has 0 amide bonds. The molecule has 0 aliphatic heterocycles. The Labute approximate surface area is 140 Å². The molecule has 0 bridgehead atoms. The molecule has 1 saturated carbocycles. The van der Waals surface area contributed by atoms with Crippen molar-refractivity contribution in [2.75, 3.05) is 34.3 Å². The van der Waals surface area contributed by atoms with E-state index in [1.54, 1.807) is 7.11 Å². The maximum atomic E-state index is 5.26. The van der Waals surface area contributed by atoms with Crippen molar-refractivity contribution in [2.45, 2.75) is 32.4 Å². The van der Waals surface area contributed by atoms with E-state index < -0.39 is 0 Å². The second-order valence-electron chi connectivity index (χ2n) is 6.30. The summed E-state index contributed by atoms with van der Waals surface area (Å²) in [5.74, 6) is 2.58. The lowest BCUT2D eigenvalue weighted by molar-refractivity contribution is 0.264. The summed E-state index contributed by atoms with van der Waals surface area (Å²) < 4.78 is 5.26. The number of rotatable bonds is 8. The van der Waals surface area contributed by atoms with Crippen molar-refractivity contribution in [1.29, 1.82) is 0 Å². The van der Waals surface area contributed by atoms with Gasteiger partial charge in [-0.1, -0.05) is 12.1 Å². The fraction of sp³-hybridized carbons (Fsp3) is 0.611. The van der Waals surface area contributed by atoms with E-state index in [9.17, 15) is 0 Å². The highest BCUT2D eigenvalue weighted by Crippen LogP contribution is 2.34. The Morgan fingerprint density at radius 2 is 2.13 bits per heavy atom. The predicted molar refractivity (Wildman–Crippen MR) is 96.0 cm³/mol. The van der Waals surface area contributed by atoms with Crippen LogP contribution >= 0.6 is 0 Å². The van der Waals surface area contributed by atoms with Crippen LogP contribution in [-0.4, -0.2) is 51.2 Å². The fourth-order valence-electron chi connectivity index (χ4n) is 2.74. The molecule has 0 saturated heterocycles. The molecule has 5 nitrogen and oxygen atoms in total. The number of aliphatic imine (C=N–C) groups is 1. The molecule has 5 heteroatoms. The quantitative estimate of drug-likeness (QED) is 0.569. The van der Waals surface area contributed by atoms with Crippen molar-refractivity contribution in [3.63, 3.8) is 0 Å². The van der Waals surface area contributed by atoms with Gasteiger partial charge in [-0.05, 0) is 57.5 Å². The van der Waals surface area contributed by atoms with Gasteiger partial charge in [-0.2, -0.15) is 0 Å². The third-order valence-corrected chi connectivity index (χ3v) is 4.21. The Hall–Kier alpha value is -1.75. The summed E-state index contributed by atoms with van der Waals surface area (Å²) >= 11 is 0. The summed E-state index contributed by atoms with van der Waals surface area (Å²) in [6.45, 7) is 4.53. The summed E-state index contributed by atoms with van der Waals surface area (Å²) in [6, 6.07) is 8.63. The van der Waals surface area contributed by atoms with Gasteiger partial charge in [0.15, 0.2) is 5.96 Å². The molecule has 0 spiro atoms. The van der Waals surface area contributed by atoms with E-state index in [2.05, 4.69) is 42.6 Å². The molecule has 0 aromatic heterocycles. The Kier molecular flexibility index (Phi) is 6.71. The van der Waals surface area contributed by atoms with Gasteiger partial charge in [-0.25, -0.2) is 4.99 Å². The van der Waals surface area contributed by atoms with Crippen molar-refractivity contribution in [3.05, 3.63) is 29.8 Å². The first kappa shape index (κ1) is 17.6. The van der Waals surface area contributed by atoms with Crippen LogP contribution in [0.2, 0.25) is 0 Å². The Bertz CT molecular complexity index is 509. The Morgan fingerprint density at radius 3 is 2.74 bits per heavy atom. The van der Waals surface area contributed by atoms with E-state index in [1.165, 1.54) is 12.8 Å². The van der Waals surface area contributed by atoms with Gasteiger partial charge in [-0.3, -0.25) is 0 Å². The lowest BCUT2D eigenvalue weighted by Gasteiger charge is -2.25. The Balaban J connectivity index is 1.93. The average molecular weight is 318 g/mol. The Morgan fingerprint density at radius 1 is 1.35 bits per heavy atom. The van der Waals surface area contributed by atoms with Crippen LogP contribution in [0.25, 0.3) is 0 Å². The van der Waals surface area contributed by atoms with Crippen molar-refractivity contribution in [1.82, 2.24) is 15.5 Å².